The Morgan fingerprint density at radius 1 is 1.16 bits per heavy atom. The molecule has 1 fully saturated rings. The van der Waals surface area contributed by atoms with Crippen LogP contribution in [0.1, 0.15) is 29.4 Å². The van der Waals surface area contributed by atoms with E-state index < -0.39 is 41.6 Å². The first-order chi connectivity index (χ1) is 17.8. The Balaban J connectivity index is 1.79. The van der Waals surface area contributed by atoms with Gasteiger partial charge in [0.15, 0.2) is 23.0 Å². The summed E-state index contributed by atoms with van der Waals surface area (Å²) >= 11 is 0. The summed E-state index contributed by atoms with van der Waals surface area (Å²) in [6.07, 6.45) is 2.59. The van der Waals surface area contributed by atoms with Gasteiger partial charge in [0.1, 0.15) is 12.2 Å². The molecule has 37 heavy (non-hydrogen) atoms. The van der Waals surface area contributed by atoms with E-state index in [2.05, 4.69) is 9.72 Å². The summed E-state index contributed by atoms with van der Waals surface area (Å²) < 4.78 is 27.1. The number of ether oxygens (including phenoxy) is 5. The van der Waals surface area contributed by atoms with Gasteiger partial charge in [-0.25, -0.2) is 9.78 Å². The quantitative estimate of drug-likeness (QED) is 0.231. The topological polar surface area (TPSA) is 130 Å². The highest BCUT2D eigenvalue weighted by atomic mass is 16.6. The number of methoxy groups -OCH3 is 2. The van der Waals surface area contributed by atoms with Gasteiger partial charge in [0, 0.05) is 24.6 Å². The zero-order valence-electron chi connectivity index (χ0n) is 21.0. The number of Topliss-reactive ketones (excluding diaryl/α,β-unsaturated/α-hetero) is 1. The number of pyridine rings is 1. The molecule has 4 atom stereocenters. The van der Waals surface area contributed by atoms with Crippen molar-refractivity contribution < 1.29 is 43.2 Å². The van der Waals surface area contributed by atoms with E-state index in [1.807, 2.05) is 30.3 Å². The fraction of sp³-hybridized carbons (Fsp3) is 0.407. The molecule has 198 valence electrons. The minimum atomic E-state index is -0.927. The molecule has 2 heterocycles. The van der Waals surface area contributed by atoms with Crippen LogP contribution in [-0.2, 0) is 35.0 Å². The molecule has 1 saturated heterocycles. The molecule has 3 rings (SSSR count). The van der Waals surface area contributed by atoms with Crippen LogP contribution in [0.4, 0.5) is 0 Å². The van der Waals surface area contributed by atoms with Crippen LogP contribution in [0.5, 0.6) is 11.5 Å². The van der Waals surface area contributed by atoms with Gasteiger partial charge in [-0.1, -0.05) is 30.3 Å². The van der Waals surface area contributed by atoms with E-state index in [-0.39, 0.29) is 37.0 Å². The molecule has 10 heteroatoms. The standard InChI is InChI=1S/C27H31NO9/c1-17-26(36-12-10-23(30)34-3)19(13-18-7-5-4-6-8-18)15-35-16-20(27(32)37-17)14-21(29)24-25(31)22(33-2)9-11-28-24/h4-12,17,19-20,26,31H,13-16H2,1-3H3/b12-10+/t17-,19-,20-,26-/m0/s1. The van der Waals surface area contributed by atoms with Gasteiger partial charge in [-0.3, -0.25) is 9.59 Å². The molecule has 10 nitrogen and oxygen atoms in total. The zero-order valence-corrected chi connectivity index (χ0v) is 21.0. The number of rotatable bonds is 9. The predicted octanol–water partition coefficient (Wildman–Crippen LogP) is 2.88. The lowest BCUT2D eigenvalue weighted by molar-refractivity contribution is -0.160. The number of benzene rings is 1. The first-order valence-electron chi connectivity index (χ1n) is 11.8. The van der Waals surface area contributed by atoms with Crippen LogP contribution in [0.25, 0.3) is 0 Å². The molecule has 1 N–H and O–H groups in total. The lowest BCUT2D eigenvalue weighted by atomic mass is 9.91. The smallest absolute Gasteiger partial charge is 0.333 e. The highest BCUT2D eigenvalue weighted by Crippen LogP contribution is 2.30. The van der Waals surface area contributed by atoms with E-state index in [1.54, 1.807) is 6.92 Å². The third-order valence-corrected chi connectivity index (χ3v) is 6.00. The van der Waals surface area contributed by atoms with Gasteiger partial charge in [-0.2, -0.15) is 0 Å². The van der Waals surface area contributed by atoms with Gasteiger partial charge in [0.05, 0.1) is 45.7 Å². The number of nitrogens with zero attached hydrogens (tertiary/aromatic N) is 1. The molecule has 2 aromatic rings. The maximum atomic E-state index is 13.0. The summed E-state index contributed by atoms with van der Waals surface area (Å²) in [6.45, 7) is 1.82. The normalized spacial score (nSPS) is 22.3. The zero-order chi connectivity index (χ0) is 26.8. The van der Waals surface area contributed by atoms with Crippen molar-refractivity contribution in [1.82, 2.24) is 4.98 Å². The van der Waals surface area contributed by atoms with E-state index in [1.165, 1.54) is 32.7 Å². The average molecular weight is 514 g/mol. The summed E-state index contributed by atoms with van der Waals surface area (Å²) in [5.41, 5.74) is 0.835. The lowest BCUT2D eigenvalue weighted by Gasteiger charge is -2.30. The number of aromatic hydroxyl groups is 1. The van der Waals surface area contributed by atoms with E-state index in [0.717, 1.165) is 11.6 Å². The molecule has 1 aromatic carbocycles. The summed E-state index contributed by atoms with van der Waals surface area (Å²) in [5, 5.41) is 10.3. The van der Waals surface area contributed by atoms with E-state index in [0.29, 0.717) is 6.42 Å². The van der Waals surface area contributed by atoms with Gasteiger partial charge in [-0.15, -0.1) is 0 Å². The second-order valence-corrected chi connectivity index (χ2v) is 8.59. The first kappa shape index (κ1) is 27.7. The fourth-order valence-corrected chi connectivity index (χ4v) is 4.09. The van der Waals surface area contributed by atoms with Crippen LogP contribution < -0.4 is 4.74 Å². The van der Waals surface area contributed by atoms with Crippen molar-refractivity contribution in [2.75, 3.05) is 27.4 Å². The van der Waals surface area contributed by atoms with E-state index in [9.17, 15) is 19.5 Å². The van der Waals surface area contributed by atoms with Crippen molar-refractivity contribution in [2.45, 2.75) is 32.0 Å². The molecular weight excluding hydrogens is 482 g/mol. The SMILES string of the molecule is COC(=O)/C=C/O[C@@H]1[C@@H](Cc2ccccc2)COC[C@H](CC(=O)c2nccc(OC)c2O)C(=O)O[C@H]1C. The summed E-state index contributed by atoms with van der Waals surface area (Å²) in [5.74, 6) is -3.25. The Morgan fingerprint density at radius 3 is 2.62 bits per heavy atom. The van der Waals surface area contributed by atoms with Gasteiger partial charge in [0.25, 0.3) is 0 Å². The van der Waals surface area contributed by atoms with Crippen LogP contribution in [0.3, 0.4) is 0 Å². The summed E-state index contributed by atoms with van der Waals surface area (Å²) in [4.78, 5) is 41.4. The fourth-order valence-electron chi connectivity index (χ4n) is 4.09. The number of esters is 2. The highest BCUT2D eigenvalue weighted by Gasteiger charge is 2.36. The molecule has 0 unspecified atom stereocenters. The largest absolute Gasteiger partial charge is 0.503 e. The number of hydrogen-bond acceptors (Lipinski definition) is 10. The Hall–Kier alpha value is -3.92. The molecule has 0 spiro atoms. The molecule has 0 amide bonds. The lowest BCUT2D eigenvalue weighted by Crippen LogP contribution is -2.39. The van der Waals surface area contributed by atoms with Gasteiger partial charge in [-0.05, 0) is 18.9 Å². The Morgan fingerprint density at radius 2 is 1.92 bits per heavy atom. The van der Waals surface area contributed by atoms with Gasteiger partial charge in [0.2, 0.25) is 0 Å². The predicted molar refractivity (Wildman–Crippen MR) is 131 cm³/mol. The van der Waals surface area contributed by atoms with Crippen molar-refractivity contribution in [2.24, 2.45) is 11.8 Å². The molecule has 0 aliphatic carbocycles. The van der Waals surface area contributed by atoms with Crippen molar-refractivity contribution in [3.63, 3.8) is 0 Å². The van der Waals surface area contributed by atoms with Crippen molar-refractivity contribution >= 4 is 17.7 Å². The van der Waals surface area contributed by atoms with Crippen LogP contribution in [-0.4, -0.2) is 67.5 Å². The molecule has 0 bridgehead atoms. The second-order valence-electron chi connectivity index (χ2n) is 8.59. The van der Waals surface area contributed by atoms with Crippen LogP contribution >= 0.6 is 0 Å². The van der Waals surface area contributed by atoms with Crippen LogP contribution in [0.15, 0.2) is 54.9 Å². The van der Waals surface area contributed by atoms with Gasteiger partial charge >= 0.3 is 11.9 Å². The number of carbonyl (C=O) groups excluding carboxylic acids is 3. The summed E-state index contributed by atoms with van der Waals surface area (Å²) in [6, 6.07) is 11.1. The maximum absolute atomic E-state index is 13.0. The molecule has 1 aromatic heterocycles. The minimum absolute atomic E-state index is 0.0714. The molecule has 0 radical (unpaired) electrons. The van der Waals surface area contributed by atoms with Crippen molar-refractivity contribution in [3.05, 3.63) is 66.2 Å². The van der Waals surface area contributed by atoms with Crippen LogP contribution in [0, 0.1) is 11.8 Å². The van der Waals surface area contributed by atoms with Crippen molar-refractivity contribution in [1.29, 1.82) is 0 Å². The summed E-state index contributed by atoms with van der Waals surface area (Å²) in [7, 11) is 2.62. The van der Waals surface area contributed by atoms with Crippen LogP contribution in [0.2, 0.25) is 0 Å². The molecule has 0 saturated carbocycles. The molecular formula is C27H31NO9. The first-order valence-corrected chi connectivity index (χ1v) is 11.8. The minimum Gasteiger partial charge on any atom is -0.503 e. The third kappa shape index (κ3) is 7.53. The van der Waals surface area contributed by atoms with Crippen molar-refractivity contribution in [3.8, 4) is 11.5 Å². The number of aromatic nitrogens is 1. The average Bonchev–Trinajstić information content (AvgIpc) is 2.94. The number of hydrogen-bond donors (Lipinski definition) is 1. The second kappa shape index (κ2) is 13.4. The Kier molecular flexibility index (Phi) is 10.0. The number of ketones is 1. The van der Waals surface area contributed by atoms with E-state index >= 15 is 0 Å². The molecule has 1 aliphatic rings. The number of carbonyl (C=O) groups is 3. The number of cyclic esters (lactones) is 1. The highest BCUT2D eigenvalue weighted by molar-refractivity contribution is 5.99. The monoisotopic (exact) mass is 513 g/mol. The maximum Gasteiger partial charge on any atom is 0.333 e. The Bertz CT molecular complexity index is 1100. The Labute approximate surface area is 215 Å². The van der Waals surface area contributed by atoms with E-state index in [4.69, 9.17) is 18.9 Å². The third-order valence-electron chi connectivity index (χ3n) is 6.00. The van der Waals surface area contributed by atoms with Gasteiger partial charge < -0.3 is 28.8 Å². The molecule has 1 aliphatic heterocycles.